The van der Waals surface area contributed by atoms with Crippen LogP contribution in [0, 0.1) is 5.92 Å². The van der Waals surface area contributed by atoms with Crippen LogP contribution in [0.1, 0.15) is 47.1 Å². The van der Waals surface area contributed by atoms with Crippen molar-refractivity contribution in [3.8, 4) is 0 Å². The van der Waals surface area contributed by atoms with Crippen LogP contribution in [0.2, 0.25) is 0 Å². The van der Waals surface area contributed by atoms with Crippen LogP contribution in [0.3, 0.4) is 0 Å². The number of nitrogens with one attached hydrogen (secondary N) is 1. The molecule has 128 valence electrons. The van der Waals surface area contributed by atoms with E-state index in [-0.39, 0.29) is 24.0 Å². The highest BCUT2D eigenvalue weighted by atomic mass is 16.6. The first-order valence-electron chi connectivity index (χ1n) is 7.98. The number of nitrogens with zero attached hydrogens (tertiary/aromatic N) is 3. The van der Waals surface area contributed by atoms with Gasteiger partial charge in [0.05, 0.1) is 17.8 Å². The minimum atomic E-state index is -0.525. The topological polar surface area (TPSA) is 76.5 Å². The van der Waals surface area contributed by atoms with E-state index < -0.39 is 5.60 Å². The van der Waals surface area contributed by atoms with Gasteiger partial charge in [-0.05, 0) is 41.0 Å². The summed E-state index contributed by atoms with van der Waals surface area (Å²) in [5, 5.41) is 7.06. The molecule has 1 aromatic rings. The zero-order valence-electron chi connectivity index (χ0n) is 14.5. The number of rotatable bonds is 3. The van der Waals surface area contributed by atoms with Crippen LogP contribution in [-0.2, 0) is 9.53 Å². The maximum absolute atomic E-state index is 12.3. The third-order valence-corrected chi connectivity index (χ3v) is 3.61. The lowest BCUT2D eigenvalue weighted by molar-refractivity contribution is -0.119. The van der Waals surface area contributed by atoms with Crippen molar-refractivity contribution in [1.82, 2.24) is 14.7 Å². The van der Waals surface area contributed by atoms with Gasteiger partial charge < -0.3 is 15.0 Å². The molecular weight excluding hydrogens is 296 g/mol. The zero-order chi connectivity index (χ0) is 17.2. The predicted molar refractivity (Wildman–Crippen MR) is 87.2 cm³/mol. The Morgan fingerprint density at radius 1 is 1.39 bits per heavy atom. The molecule has 1 aromatic heterocycles. The number of likely N-dealkylation sites (tertiary alicyclic amines) is 1. The average Bonchev–Trinajstić information content (AvgIpc) is 3.05. The van der Waals surface area contributed by atoms with E-state index in [0.717, 1.165) is 0 Å². The normalized spacial score (nSPS) is 18.3. The molecule has 0 radical (unpaired) electrons. The molecule has 0 saturated carbocycles. The Labute approximate surface area is 137 Å². The summed E-state index contributed by atoms with van der Waals surface area (Å²) in [6.45, 7) is 10.5. The molecule has 2 heterocycles. The van der Waals surface area contributed by atoms with Gasteiger partial charge >= 0.3 is 6.09 Å². The van der Waals surface area contributed by atoms with Crippen molar-refractivity contribution in [2.45, 2.75) is 52.7 Å². The van der Waals surface area contributed by atoms with Crippen molar-refractivity contribution in [2.24, 2.45) is 5.92 Å². The summed E-state index contributed by atoms with van der Waals surface area (Å²) in [7, 11) is 0. The molecule has 0 aromatic carbocycles. The second kappa shape index (κ2) is 6.60. The van der Waals surface area contributed by atoms with Gasteiger partial charge in [-0.1, -0.05) is 0 Å². The monoisotopic (exact) mass is 322 g/mol. The van der Waals surface area contributed by atoms with Gasteiger partial charge in [-0.3, -0.25) is 9.48 Å². The molecule has 1 N–H and O–H groups in total. The van der Waals surface area contributed by atoms with Gasteiger partial charge in [0.25, 0.3) is 0 Å². The van der Waals surface area contributed by atoms with Crippen molar-refractivity contribution >= 4 is 17.7 Å². The summed E-state index contributed by atoms with van der Waals surface area (Å²) >= 11 is 0. The summed E-state index contributed by atoms with van der Waals surface area (Å²) in [4.78, 5) is 25.9. The fraction of sp³-hybridized carbons (Fsp3) is 0.688. The highest BCUT2D eigenvalue weighted by Gasteiger charge is 2.33. The molecule has 7 nitrogen and oxygen atoms in total. The Balaban J connectivity index is 1.88. The molecule has 1 fully saturated rings. The number of hydrogen-bond donors (Lipinski definition) is 1. The summed E-state index contributed by atoms with van der Waals surface area (Å²) in [6.07, 6.45) is 3.73. The Morgan fingerprint density at radius 3 is 2.65 bits per heavy atom. The maximum atomic E-state index is 12.3. The fourth-order valence-corrected chi connectivity index (χ4v) is 2.40. The van der Waals surface area contributed by atoms with E-state index in [2.05, 4.69) is 10.4 Å². The molecule has 1 saturated heterocycles. The first-order valence-corrected chi connectivity index (χ1v) is 7.98. The molecule has 0 bridgehead atoms. The van der Waals surface area contributed by atoms with Crippen LogP contribution in [0.4, 0.5) is 10.5 Å². The molecule has 0 spiro atoms. The lowest BCUT2D eigenvalue weighted by Crippen LogP contribution is -2.36. The molecule has 0 aliphatic carbocycles. The van der Waals surface area contributed by atoms with Crippen LogP contribution >= 0.6 is 0 Å². The second-order valence-corrected chi connectivity index (χ2v) is 7.20. The molecule has 23 heavy (non-hydrogen) atoms. The Kier molecular flexibility index (Phi) is 4.97. The van der Waals surface area contributed by atoms with E-state index in [0.29, 0.717) is 25.2 Å². The van der Waals surface area contributed by atoms with Crippen LogP contribution in [-0.4, -0.2) is 45.4 Å². The van der Waals surface area contributed by atoms with Crippen molar-refractivity contribution in [3.05, 3.63) is 12.4 Å². The SMILES string of the molecule is CC(C)n1cc(NC(=O)C2CCN(C(=O)OC(C)(C)C)C2)cn1. The number of anilines is 1. The predicted octanol–water partition coefficient (Wildman–Crippen LogP) is 2.66. The van der Waals surface area contributed by atoms with Crippen LogP contribution < -0.4 is 5.32 Å². The molecule has 7 heteroatoms. The molecule has 1 aliphatic heterocycles. The third kappa shape index (κ3) is 4.71. The zero-order valence-corrected chi connectivity index (χ0v) is 14.5. The van der Waals surface area contributed by atoms with Crippen LogP contribution in [0.25, 0.3) is 0 Å². The standard InChI is InChI=1S/C16H26N4O3/c1-11(2)20-10-13(8-17-20)18-14(21)12-6-7-19(9-12)15(22)23-16(3,4)5/h8,10-12H,6-7,9H2,1-5H3,(H,18,21). The van der Waals surface area contributed by atoms with Crippen LogP contribution in [0.15, 0.2) is 12.4 Å². The largest absolute Gasteiger partial charge is 0.444 e. The van der Waals surface area contributed by atoms with Crippen molar-refractivity contribution in [1.29, 1.82) is 0 Å². The Morgan fingerprint density at radius 2 is 2.09 bits per heavy atom. The lowest BCUT2D eigenvalue weighted by Gasteiger charge is -2.24. The molecule has 1 unspecified atom stereocenters. The number of carbonyl (C=O) groups excluding carboxylic acids is 2. The van der Waals surface area contributed by atoms with Gasteiger partial charge in [0, 0.05) is 25.3 Å². The van der Waals surface area contributed by atoms with Gasteiger partial charge in [-0.25, -0.2) is 4.79 Å². The smallest absolute Gasteiger partial charge is 0.410 e. The summed E-state index contributed by atoms with van der Waals surface area (Å²) < 4.78 is 7.13. The number of carbonyl (C=O) groups is 2. The second-order valence-electron chi connectivity index (χ2n) is 7.20. The van der Waals surface area contributed by atoms with E-state index >= 15 is 0 Å². The molecule has 1 atom stereocenters. The van der Waals surface area contributed by atoms with E-state index in [1.807, 2.05) is 40.8 Å². The molecular formula is C16H26N4O3. The van der Waals surface area contributed by atoms with Crippen molar-refractivity contribution in [2.75, 3.05) is 18.4 Å². The van der Waals surface area contributed by atoms with Gasteiger partial charge in [0.1, 0.15) is 5.60 Å². The van der Waals surface area contributed by atoms with E-state index in [9.17, 15) is 9.59 Å². The van der Waals surface area contributed by atoms with E-state index in [1.54, 1.807) is 15.8 Å². The number of amides is 2. The Bertz CT molecular complexity index is 574. The van der Waals surface area contributed by atoms with Crippen LogP contribution in [0.5, 0.6) is 0 Å². The first kappa shape index (κ1) is 17.3. The Hall–Kier alpha value is -2.05. The van der Waals surface area contributed by atoms with Crippen molar-refractivity contribution in [3.63, 3.8) is 0 Å². The third-order valence-electron chi connectivity index (χ3n) is 3.61. The highest BCUT2D eigenvalue weighted by molar-refractivity contribution is 5.93. The molecule has 1 aliphatic rings. The maximum Gasteiger partial charge on any atom is 0.410 e. The summed E-state index contributed by atoms with van der Waals surface area (Å²) in [6, 6.07) is 0.245. The summed E-state index contributed by atoms with van der Waals surface area (Å²) in [5.74, 6) is -0.302. The number of ether oxygens (including phenoxy) is 1. The van der Waals surface area contributed by atoms with Gasteiger partial charge in [0.2, 0.25) is 5.91 Å². The van der Waals surface area contributed by atoms with Crippen molar-refractivity contribution < 1.29 is 14.3 Å². The lowest BCUT2D eigenvalue weighted by atomic mass is 10.1. The fourth-order valence-electron chi connectivity index (χ4n) is 2.40. The van der Waals surface area contributed by atoms with Gasteiger partial charge in [-0.15, -0.1) is 0 Å². The molecule has 2 rings (SSSR count). The first-order chi connectivity index (χ1) is 10.7. The number of aromatic nitrogens is 2. The molecule has 2 amide bonds. The number of hydrogen-bond acceptors (Lipinski definition) is 4. The van der Waals surface area contributed by atoms with E-state index in [1.165, 1.54) is 0 Å². The van der Waals surface area contributed by atoms with Gasteiger partial charge in [-0.2, -0.15) is 5.10 Å². The average molecular weight is 322 g/mol. The highest BCUT2D eigenvalue weighted by Crippen LogP contribution is 2.21. The quantitative estimate of drug-likeness (QED) is 0.928. The minimum absolute atomic E-state index is 0.0839. The summed E-state index contributed by atoms with van der Waals surface area (Å²) in [5.41, 5.74) is 0.155. The van der Waals surface area contributed by atoms with Gasteiger partial charge in [0.15, 0.2) is 0 Å². The minimum Gasteiger partial charge on any atom is -0.444 e. The van der Waals surface area contributed by atoms with E-state index in [4.69, 9.17) is 4.74 Å².